The molecule has 15 N–H and O–H groups in total. The lowest BCUT2D eigenvalue weighted by Crippen LogP contribution is -2.61. The zero-order chi connectivity index (χ0) is 49.8. The van der Waals surface area contributed by atoms with Crippen molar-refractivity contribution >= 4 is 47.3 Å². The first-order chi connectivity index (χ1) is 31.7. The molecule has 3 rings (SSSR count). The zero-order valence-electron chi connectivity index (χ0n) is 39.6. The fourth-order valence-corrected chi connectivity index (χ4v) is 7.36. The van der Waals surface area contributed by atoms with Crippen LogP contribution in [0.4, 0.5) is 0 Å². The Bertz CT molecular complexity index is 1980. The number of carbonyl (C=O) groups excluding carboxylic acids is 8. The number of hydrogen-bond donors (Lipinski definition) is 12. The minimum absolute atomic E-state index is 0.0247. The highest BCUT2D eigenvalue weighted by Crippen LogP contribution is 2.22. The molecule has 1 heterocycles. The largest absolute Gasteiger partial charge is 0.391 e. The van der Waals surface area contributed by atoms with Crippen LogP contribution in [0, 0.1) is 5.92 Å². The van der Waals surface area contributed by atoms with E-state index in [1.807, 2.05) is 38.1 Å². The Balaban J connectivity index is 2.09. The number of nitrogens with two attached hydrogens (primary N) is 3. The molecule has 0 aromatic heterocycles. The summed E-state index contributed by atoms with van der Waals surface area (Å²) in [7, 11) is 0. The molecule has 2 aromatic rings. The van der Waals surface area contributed by atoms with Gasteiger partial charge in [-0.05, 0) is 86.7 Å². The number of aliphatic hydroxyl groups is 1. The summed E-state index contributed by atoms with van der Waals surface area (Å²) < 4.78 is 0. The third-order valence-electron chi connectivity index (χ3n) is 11.2. The van der Waals surface area contributed by atoms with Gasteiger partial charge in [0, 0.05) is 13.0 Å². The van der Waals surface area contributed by atoms with Gasteiger partial charge in [0.05, 0.1) is 12.5 Å². The summed E-state index contributed by atoms with van der Waals surface area (Å²) >= 11 is 0. The summed E-state index contributed by atoms with van der Waals surface area (Å²) in [5.41, 5.74) is 19.8. The van der Waals surface area contributed by atoms with Crippen LogP contribution in [0.15, 0.2) is 54.6 Å². The number of hydrogen-bond acceptors (Lipinski definition) is 12. The Morgan fingerprint density at radius 1 is 0.627 bits per heavy atom. The number of nitrogens with one attached hydrogen (secondary N) is 8. The van der Waals surface area contributed by atoms with Gasteiger partial charge in [-0.25, -0.2) is 0 Å². The molecule has 20 heteroatoms. The molecular formula is C47H73N11O9. The summed E-state index contributed by atoms with van der Waals surface area (Å²) in [6, 6.07) is 6.95. The molecule has 20 nitrogen and oxygen atoms in total. The Morgan fingerprint density at radius 3 is 1.58 bits per heavy atom. The Morgan fingerprint density at radius 2 is 1.09 bits per heavy atom. The van der Waals surface area contributed by atoms with E-state index >= 15 is 0 Å². The summed E-state index contributed by atoms with van der Waals surface area (Å²) in [5.74, 6) is -6.27. The molecule has 2 aromatic carbocycles. The van der Waals surface area contributed by atoms with Gasteiger partial charge in [0.15, 0.2) is 0 Å². The van der Waals surface area contributed by atoms with E-state index in [0.717, 1.165) is 5.56 Å². The maximum atomic E-state index is 14.3. The van der Waals surface area contributed by atoms with Crippen LogP contribution in [0.3, 0.4) is 0 Å². The van der Waals surface area contributed by atoms with Crippen molar-refractivity contribution < 1.29 is 43.5 Å². The van der Waals surface area contributed by atoms with E-state index in [2.05, 4.69) is 63.3 Å². The maximum absolute atomic E-state index is 14.3. The van der Waals surface area contributed by atoms with Crippen molar-refractivity contribution in [1.29, 1.82) is 0 Å². The molecule has 0 bridgehead atoms. The highest BCUT2D eigenvalue weighted by molar-refractivity contribution is 5.98. The number of amides is 8. The number of carbonyl (C=O) groups is 8. The zero-order valence-corrected chi connectivity index (χ0v) is 39.6. The Kier molecular flexibility index (Phi) is 22.3. The number of rotatable bonds is 14. The SMILES string of the molecule is CC(C)C[C@@H]1NC(=O)[C@@H](Cc2ccccc2)NC(=O)[C@H](CCN)NC(=O)[C@@H](NC(=O)Cc2ccc(C(C)(C)C)cc2)CCNC(=O)[C@H]([C@@H](C)O)NC(=O)[C@H](CCN)NC(=O)[C@H](CCN)NC1=O. The molecule has 1 fully saturated rings. The predicted molar refractivity (Wildman–Crippen MR) is 252 cm³/mol. The molecule has 8 amide bonds. The van der Waals surface area contributed by atoms with Crippen LogP contribution < -0.4 is 59.7 Å². The molecule has 1 aliphatic heterocycles. The molecule has 1 saturated heterocycles. The van der Waals surface area contributed by atoms with E-state index in [9.17, 15) is 43.5 Å². The second kappa shape index (κ2) is 27.0. The van der Waals surface area contributed by atoms with Gasteiger partial charge in [-0.3, -0.25) is 38.4 Å². The van der Waals surface area contributed by atoms with Crippen molar-refractivity contribution in [3.05, 3.63) is 71.3 Å². The lowest BCUT2D eigenvalue weighted by atomic mass is 9.86. The molecule has 0 saturated carbocycles. The molecule has 0 radical (unpaired) electrons. The van der Waals surface area contributed by atoms with Gasteiger partial charge in [-0.2, -0.15) is 0 Å². The monoisotopic (exact) mass is 936 g/mol. The second-order valence-corrected chi connectivity index (χ2v) is 18.4. The minimum atomic E-state index is -1.55. The minimum Gasteiger partial charge on any atom is -0.391 e. The average molecular weight is 936 g/mol. The van der Waals surface area contributed by atoms with E-state index in [4.69, 9.17) is 17.2 Å². The fourth-order valence-electron chi connectivity index (χ4n) is 7.36. The van der Waals surface area contributed by atoms with Crippen molar-refractivity contribution in [3.8, 4) is 0 Å². The maximum Gasteiger partial charge on any atom is 0.245 e. The van der Waals surface area contributed by atoms with Gasteiger partial charge in [-0.15, -0.1) is 0 Å². The van der Waals surface area contributed by atoms with Crippen LogP contribution in [0.5, 0.6) is 0 Å². The summed E-state index contributed by atoms with van der Waals surface area (Å²) in [6.07, 6.45) is -1.93. The van der Waals surface area contributed by atoms with Crippen LogP contribution in [0.1, 0.15) is 90.3 Å². The van der Waals surface area contributed by atoms with Gasteiger partial charge in [-0.1, -0.05) is 89.2 Å². The molecule has 1 aliphatic rings. The average Bonchev–Trinajstić information content (AvgIpc) is 3.26. The third kappa shape index (κ3) is 18.3. The molecule has 0 unspecified atom stereocenters. The standard InChI is InChI=1S/C47H73N11O9/c1-27(2)24-36-44(65)55-32(16-20-48)40(61)54-34(18-22-50)43(64)58-39(28(3)59)46(67)51-23-19-35(52-38(60)26-30-12-14-31(15-13-30)47(4,5)6)42(63)53-33(17-21-49)41(62)57-37(45(66)56-36)25-29-10-8-7-9-11-29/h7-15,27-28,32-37,39,59H,16-26,48-50H2,1-6H3,(H,51,67)(H,52,60)(H,53,63)(H,54,61)(H,55,65)(H,56,66)(H,57,62)(H,58,64)/t28-,32+,33+,34+,35+,36+,37-,39+/m1/s1. The summed E-state index contributed by atoms with van der Waals surface area (Å²) in [5, 5.41) is 31.8. The molecule has 67 heavy (non-hydrogen) atoms. The van der Waals surface area contributed by atoms with Crippen LogP contribution >= 0.6 is 0 Å². The van der Waals surface area contributed by atoms with E-state index < -0.39 is 95.7 Å². The van der Waals surface area contributed by atoms with Gasteiger partial charge in [0.25, 0.3) is 0 Å². The summed E-state index contributed by atoms with van der Waals surface area (Å²) in [6.45, 7) is 10.6. The van der Waals surface area contributed by atoms with Crippen molar-refractivity contribution in [2.24, 2.45) is 23.1 Å². The highest BCUT2D eigenvalue weighted by atomic mass is 16.3. The first kappa shape index (κ1) is 55.4. The lowest BCUT2D eigenvalue weighted by Gasteiger charge is -2.28. The van der Waals surface area contributed by atoms with Gasteiger partial charge < -0.3 is 64.8 Å². The van der Waals surface area contributed by atoms with Crippen molar-refractivity contribution in [2.45, 2.75) is 140 Å². The highest BCUT2D eigenvalue weighted by Gasteiger charge is 2.35. The van der Waals surface area contributed by atoms with Gasteiger partial charge >= 0.3 is 0 Å². The smallest absolute Gasteiger partial charge is 0.245 e. The molecule has 370 valence electrons. The van der Waals surface area contributed by atoms with Crippen LogP contribution in [-0.4, -0.2) is 127 Å². The molecule has 0 spiro atoms. The third-order valence-corrected chi connectivity index (χ3v) is 11.2. The van der Waals surface area contributed by atoms with E-state index in [1.165, 1.54) is 6.92 Å². The fraction of sp³-hybridized carbons (Fsp3) is 0.574. The van der Waals surface area contributed by atoms with Crippen molar-refractivity contribution in [1.82, 2.24) is 42.5 Å². The van der Waals surface area contributed by atoms with Crippen LogP contribution in [0.2, 0.25) is 0 Å². The Labute approximate surface area is 393 Å². The Hall–Kier alpha value is -5.96. The normalized spacial score (nSPS) is 23.9. The topological polar surface area (TPSA) is 331 Å². The van der Waals surface area contributed by atoms with Gasteiger partial charge in [0.2, 0.25) is 47.3 Å². The van der Waals surface area contributed by atoms with E-state index in [-0.39, 0.29) is 82.5 Å². The van der Waals surface area contributed by atoms with E-state index in [0.29, 0.717) is 11.1 Å². The first-order valence-corrected chi connectivity index (χ1v) is 23.0. The number of benzene rings is 2. The number of aliphatic hydroxyl groups excluding tert-OH is 1. The van der Waals surface area contributed by atoms with Crippen LogP contribution in [0.25, 0.3) is 0 Å². The van der Waals surface area contributed by atoms with Gasteiger partial charge in [0.1, 0.15) is 42.3 Å². The van der Waals surface area contributed by atoms with Crippen LogP contribution in [-0.2, 0) is 56.6 Å². The quantitative estimate of drug-likeness (QED) is 0.0995. The molecule has 0 aliphatic carbocycles. The molecular weight excluding hydrogens is 863 g/mol. The second-order valence-electron chi connectivity index (χ2n) is 18.4. The summed E-state index contributed by atoms with van der Waals surface area (Å²) in [4.78, 5) is 111. The lowest BCUT2D eigenvalue weighted by molar-refractivity contribution is -0.136. The first-order valence-electron chi connectivity index (χ1n) is 23.0. The predicted octanol–water partition coefficient (Wildman–Crippen LogP) is -1.84. The van der Waals surface area contributed by atoms with E-state index in [1.54, 1.807) is 30.3 Å². The van der Waals surface area contributed by atoms with Crippen molar-refractivity contribution in [3.63, 3.8) is 0 Å². The molecule has 8 atom stereocenters. The van der Waals surface area contributed by atoms with Crippen molar-refractivity contribution in [2.75, 3.05) is 26.2 Å².